The number of nitrogens with two attached hydrogens (primary N) is 2. The summed E-state index contributed by atoms with van der Waals surface area (Å²) in [5.41, 5.74) is 12.7. The Kier molecular flexibility index (Phi) is 3.52. The number of aromatic nitrogens is 2. The van der Waals surface area contributed by atoms with Crippen molar-refractivity contribution in [3.63, 3.8) is 0 Å². The Morgan fingerprint density at radius 1 is 1.25 bits per heavy atom. The van der Waals surface area contributed by atoms with Crippen LogP contribution in [0.25, 0.3) is 11.3 Å². The smallest absolute Gasteiger partial charge is 0.248 e. The van der Waals surface area contributed by atoms with Gasteiger partial charge >= 0.3 is 0 Å². The highest BCUT2D eigenvalue weighted by Gasteiger charge is 2.03. The number of aromatic amines is 1. The van der Waals surface area contributed by atoms with Gasteiger partial charge in [-0.3, -0.25) is 4.79 Å². The first-order valence-corrected chi connectivity index (χ1v) is 4.38. The molecule has 0 fully saturated rings. The molecule has 0 saturated carbocycles. The second-order valence-electron chi connectivity index (χ2n) is 3.11. The monoisotopic (exact) mass is 238 g/mol. The zero-order chi connectivity index (χ0) is 10.8. The number of primary amides is 1. The summed E-state index contributed by atoms with van der Waals surface area (Å²) >= 11 is 0. The number of imidazole rings is 1. The third-order valence-electron chi connectivity index (χ3n) is 2.06. The Hall–Kier alpha value is -2.01. The largest absolute Gasteiger partial charge is 0.369 e. The van der Waals surface area contributed by atoms with Crippen molar-refractivity contribution in [1.29, 1.82) is 0 Å². The maximum atomic E-state index is 10.8. The lowest BCUT2D eigenvalue weighted by molar-refractivity contribution is 0.100. The van der Waals surface area contributed by atoms with E-state index in [4.69, 9.17) is 11.5 Å². The van der Waals surface area contributed by atoms with Crippen LogP contribution in [0.2, 0.25) is 0 Å². The molecule has 0 aliphatic heterocycles. The molecule has 0 aliphatic carbocycles. The first-order chi connectivity index (χ1) is 7.16. The number of benzene rings is 1. The van der Waals surface area contributed by atoms with Gasteiger partial charge in [-0.1, -0.05) is 12.1 Å². The molecule has 6 heteroatoms. The van der Waals surface area contributed by atoms with E-state index in [1.165, 1.54) is 0 Å². The normalized spacial score (nSPS) is 9.50. The molecule has 1 heterocycles. The van der Waals surface area contributed by atoms with Gasteiger partial charge in [0, 0.05) is 17.3 Å². The number of carbonyl (C=O) groups excluding carboxylic acids is 1. The summed E-state index contributed by atoms with van der Waals surface area (Å²) in [6.07, 6.45) is 1.70. The molecule has 5 N–H and O–H groups in total. The van der Waals surface area contributed by atoms with Gasteiger partial charge in [0.2, 0.25) is 5.91 Å². The molecule has 0 spiro atoms. The van der Waals surface area contributed by atoms with E-state index in [2.05, 4.69) is 9.97 Å². The molecular formula is C10H11ClN4O. The van der Waals surface area contributed by atoms with Gasteiger partial charge in [0.05, 0.1) is 5.69 Å². The van der Waals surface area contributed by atoms with Gasteiger partial charge < -0.3 is 16.5 Å². The highest BCUT2D eigenvalue weighted by atomic mass is 35.5. The Bertz CT molecular complexity index is 492. The predicted octanol–water partition coefficient (Wildman–Crippen LogP) is 1.18. The molecule has 84 valence electrons. The fourth-order valence-electron chi connectivity index (χ4n) is 1.29. The van der Waals surface area contributed by atoms with Crippen LogP contribution in [-0.2, 0) is 0 Å². The molecule has 0 bridgehead atoms. The molecule has 0 unspecified atom stereocenters. The van der Waals surface area contributed by atoms with Crippen LogP contribution >= 0.6 is 12.4 Å². The zero-order valence-corrected chi connectivity index (χ0v) is 9.12. The summed E-state index contributed by atoms with van der Waals surface area (Å²) in [7, 11) is 0. The highest BCUT2D eigenvalue weighted by molar-refractivity contribution is 5.93. The molecule has 0 aliphatic rings. The lowest BCUT2D eigenvalue weighted by Crippen LogP contribution is -2.10. The van der Waals surface area contributed by atoms with Crippen LogP contribution < -0.4 is 11.5 Å². The SMILES string of the molecule is Cl.NC(=O)c1ccc(-c2c[nH]c(N)n2)cc1. The molecule has 0 radical (unpaired) electrons. The van der Waals surface area contributed by atoms with Crippen LogP contribution in [-0.4, -0.2) is 15.9 Å². The van der Waals surface area contributed by atoms with Gasteiger partial charge in [-0.25, -0.2) is 4.98 Å². The minimum Gasteiger partial charge on any atom is -0.369 e. The van der Waals surface area contributed by atoms with E-state index in [1.807, 2.05) is 0 Å². The number of nitrogen functional groups attached to an aromatic ring is 1. The first-order valence-electron chi connectivity index (χ1n) is 4.38. The number of amides is 1. The van der Waals surface area contributed by atoms with Crippen molar-refractivity contribution < 1.29 is 4.79 Å². The van der Waals surface area contributed by atoms with Gasteiger partial charge in [-0.2, -0.15) is 0 Å². The molecular weight excluding hydrogens is 228 g/mol. The average molecular weight is 239 g/mol. The quantitative estimate of drug-likeness (QED) is 0.733. The van der Waals surface area contributed by atoms with Crippen molar-refractivity contribution in [3.05, 3.63) is 36.0 Å². The number of halogens is 1. The molecule has 2 aromatic rings. The molecule has 16 heavy (non-hydrogen) atoms. The Morgan fingerprint density at radius 3 is 2.31 bits per heavy atom. The van der Waals surface area contributed by atoms with Crippen molar-refractivity contribution >= 4 is 24.3 Å². The van der Waals surface area contributed by atoms with Crippen LogP contribution in [0.5, 0.6) is 0 Å². The van der Waals surface area contributed by atoms with E-state index in [1.54, 1.807) is 30.5 Å². The molecule has 2 rings (SSSR count). The van der Waals surface area contributed by atoms with Gasteiger partial charge in [-0.15, -0.1) is 12.4 Å². The number of carbonyl (C=O) groups is 1. The third kappa shape index (κ3) is 2.32. The van der Waals surface area contributed by atoms with E-state index >= 15 is 0 Å². The standard InChI is InChI=1S/C10H10N4O.ClH/c11-9(15)7-3-1-6(2-4-7)8-5-13-10(12)14-8;/h1-5H,(H2,11,15)(H3,12,13,14);1H. The molecule has 0 atom stereocenters. The molecule has 0 saturated heterocycles. The minimum atomic E-state index is -0.442. The zero-order valence-electron chi connectivity index (χ0n) is 8.31. The second-order valence-corrected chi connectivity index (χ2v) is 3.11. The average Bonchev–Trinajstić information content (AvgIpc) is 2.65. The molecule has 1 aromatic carbocycles. The minimum absolute atomic E-state index is 0. The topological polar surface area (TPSA) is 97.8 Å². The van der Waals surface area contributed by atoms with Gasteiger partial charge in [0.1, 0.15) is 0 Å². The van der Waals surface area contributed by atoms with Gasteiger partial charge in [-0.05, 0) is 12.1 Å². The van der Waals surface area contributed by atoms with Crippen LogP contribution in [0.4, 0.5) is 5.95 Å². The fourth-order valence-corrected chi connectivity index (χ4v) is 1.29. The van der Waals surface area contributed by atoms with Crippen LogP contribution in [0.1, 0.15) is 10.4 Å². The molecule has 1 amide bonds. The van der Waals surface area contributed by atoms with Crippen molar-refractivity contribution in [3.8, 4) is 11.3 Å². The number of anilines is 1. The number of nitrogens with one attached hydrogen (secondary N) is 1. The van der Waals surface area contributed by atoms with Crippen LogP contribution in [0.15, 0.2) is 30.5 Å². The number of nitrogens with zero attached hydrogens (tertiary/aromatic N) is 1. The van der Waals surface area contributed by atoms with Crippen molar-refractivity contribution in [1.82, 2.24) is 9.97 Å². The van der Waals surface area contributed by atoms with E-state index in [-0.39, 0.29) is 12.4 Å². The summed E-state index contributed by atoms with van der Waals surface area (Å²) in [4.78, 5) is 17.7. The Balaban J connectivity index is 0.00000128. The maximum Gasteiger partial charge on any atom is 0.248 e. The number of hydrogen-bond donors (Lipinski definition) is 3. The van der Waals surface area contributed by atoms with E-state index in [0.29, 0.717) is 11.5 Å². The summed E-state index contributed by atoms with van der Waals surface area (Å²) in [5.74, 6) is -0.0768. The summed E-state index contributed by atoms with van der Waals surface area (Å²) in [5, 5.41) is 0. The Morgan fingerprint density at radius 2 is 1.88 bits per heavy atom. The van der Waals surface area contributed by atoms with Crippen LogP contribution in [0, 0.1) is 0 Å². The van der Waals surface area contributed by atoms with Gasteiger partial charge in [0.25, 0.3) is 0 Å². The van der Waals surface area contributed by atoms with Crippen molar-refractivity contribution in [2.75, 3.05) is 5.73 Å². The molecule has 5 nitrogen and oxygen atoms in total. The summed E-state index contributed by atoms with van der Waals surface area (Å²) in [6, 6.07) is 6.86. The number of hydrogen-bond acceptors (Lipinski definition) is 3. The summed E-state index contributed by atoms with van der Waals surface area (Å²) < 4.78 is 0. The van der Waals surface area contributed by atoms with E-state index in [9.17, 15) is 4.79 Å². The van der Waals surface area contributed by atoms with E-state index in [0.717, 1.165) is 11.3 Å². The van der Waals surface area contributed by atoms with Gasteiger partial charge in [0.15, 0.2) is 5.95 Å². The predicted molar refractivity (Wildman–Crippen MR) is 64.2 cm³/mol. The molecule has 1 aromatic heterocycles. The second kappa shape index (κ2) is 4.67. The van der Waals surface area contributed by atoms with Crippen molar-refractivity contribution in [2.45, 2.75) is 0 Å². The lowest BCUT2D eigenvalue weighted by Gasteiger charge is -1.97. The number of H-pyrrole nitrogens is 1. The lowest BCUT2D eigenvalue weighted by atomic mass is 10.1. The fraction of sp³-hybridized carbons (Fsp3) is 0. The van der Waals surface area contributed by atoms with Crippen molar-refractivity contribution in [2.24, 2.45) is 5.73 Å². The number of rotatable bonds is 2. The third-order valence-corrected chi connectivity index (χ3v) is 2.06. The Labute approximate surface area is 98.3 Å². The summed E-state index contributed by atoms with van der Waals surface area (Å²) in [6.45, 7) is 0. The van der Waals surface area contributed by atoms with Crippen LogP contribution in [0.3, 0.4) is 0 Å². The maximum absolute atomic E-state index is 10.8. The first kappa shape index (κ1) is 12.1. The highest BCUT2D eigenvalue weighted by Crippen LogP contribution is 2.17. The van der Waals surface area contributed by atoms with E-state index < -0.39 is 5.91 Å².